The van der Waals surface area contributed by atoms with Gasteiger partial charge < -0.3 is 10.1 Å². The summed E-state index contributed by atoms with van der Waals surface area (Å²) >= 11 is 11.5. The summed E-state index contributed by atoms with van der Waals surface area (Å²) in [6, 6.07) is 1.44. The molecule has 1 aromatic rings. The van der Waals surface area contributed by atoms with Gasteiger partial charge in [0.05, 0.1) is 10.0 Å². The van der Waals surface area contributed by atoms with Gasteiger partial charge in [0.25, 0.3) is 5.91 Å². The summed E-state index contributed by atoms with van der Waals surface area (Å²) in [6.45, 7) is 1.38. The van der Waals surface area contributed by atoms with Gasteiger partial charge in [0.2, 0.25) is 0 Å². The first kappa shape index (κ1) is 16.2. The number of anilines is 1. The molecular weight excluding hydrogens is 303 g/mol. The molecule has 0 atom stereocenters. The molecule has 0 aliphatic rings. The fourth-order valence-electron chi connectivity index (χ4n) is 1.10. The largest absolute Gasteiger partial charge is 0.452 e. The highest BCUT2D eigenvalue weighted by Crippen LogP contribution is 2.22. The van der Waals surface area contributed by atoms with E-state index in [-0.39, 0.29) is 10.8 Å². The van der Waals surface area contributed by atoms with Crippen LogP contribution in [0.3, 0.4) is 0 Å². The van der Waals surface area contributed by atoms with Crippen LogP contribution in [0.4, 0.5) is 5.82 Å². The summed E-state index contributed by atoms with van der Waals surface area (Å²) in [5.41, 5.74) is 0. The Morgan fingerprint density at radius 3 is 2.80 bits per heavy atom. The van der Waals surface area contributed by atoms with Crippen molar-refractivity contribution in [3.63, 3.8) is 0 Å². The Bertz CT molecular complexity index is 557. The number of nitrogens with one attached hydrogen (secondary N) is 1. The first-order chi connectivity index (χ1) is 9.52. The summed E-state index contributed by atoms with van der Waals surface area (Å²) < 4.78 is 4.72. The predicted octanol–water partition coefficient (Wildman–Crippen LogP) is 3.00. The number of aromatic nitrogens is 1. The molecule has 20 heavy (non-hydrogen) atoms. The second kappa shape index (κ2) is 8.35. The molecule has 1 rings (SSSR count). The van der Waals surface area contributed by atoms with Crippen molar-refractivity contribution in [3.05, 3.63) is 46.6 Å². The van der Waals surface area contributed by atoms with Gasteiger partial charge in [-0.3, -0.25) is 4.79 Å². The average molecular weight is 315 g/mol. The van der Waals surface area contributed by atoms with Crippen LogP contribution < -0.4 is 5.32 Å². The lowest BCUT2D eigenvalue weighted by Gasteiger charge is -2.06. The Morgan fingerprint density at radius 1 is 1.40 bits per heavy atom. The molecule has 1 amide bonds. The van der Waals surface area contributed by atoms with E-state index < -0.39 is 18.5 Å². The van der Waals surface area contributed by atoms with Crippen molar-refractivity contribution in [1.82, 2.24) is 4.98 Å². The first-order valence-corrected chi connectivity index (χ1v) is 6.35. The lowest BCUT2D eigenvalue weighted by Crippen LogP contribution is -2.20. The van der Waals surface area contributed by atoms with Gasteiger partial charge in [-0.1, -0.05) is 41.4 Å². The van der Waals surface area contributed by atoms with Crippen LogP contribution in [0.25, 0.3) is 0 Å². The van der Waals surface area contributed by atoms with Crippen LogP contribution >= 0.6 is 23.2 Å². The van der Waals surface area contributed by atoms with Gasteiger partial charge in [0, 0.05) is 12.3 Å². The van der Waals surface area contributed by atoms with Gasteiger partial charge in [-0.05, 0) is 13.0 Å². The number of esters is 1. The average Bonchev–Trinajstić information content (AvgIpc) is 2.40. The number of ether oxygens (including phenoxy) is 1. The number of nitrogens with zero attached hydrogens (tertiary/aromatic N) is 1. The van der Waals surface area contributed by atoms with Crippen LogP contribution in [-0.2, 0) is 14.3 Å². The molecule has 0 saturated carbocycles. The highest BCUT2D eigenvalue weighted by atomic mass is 35.5. The molecule has 1 aromatic heterocycles. The third-order valence-corrected chi connectivity index (χ3v) is 2.44. The monoisotopic (exact) mass is 314 g/mol. The number of hydrogen-bond acceptors (Lipinski definition) is 4. The minimum absolute atomic E-state index is 0.154. The van der Waals surface area contributed by atoms with E-state index in [1.165, 1.54) is 24.4 Å². The Balaban J connectivity index is 2.46. The summed E-state index contributed by atoms with van der Waals surface area (Å²) in [5, 5.41) is 2.96. The molecule has 0 fully saturated rings. The van der Waals surface area contributed by atoms with E-state index in [0.717, 1.165) is 0 Å². The van der Waals surface area contributed by atoms with Gasteiger partial charge in [0.1, 0.15) is 0 Å². The highest BCUT2D eigenvalue weighted by molar-refractivity contribution is 6.36. The summed E-state index contributed by atoms with van der Waals surface area (Å²) in [6.07, 6.45) is 7.48. The van der Waals surface area contributed by atoms with Crippen LogP contribution in [0, 0.1) is 0 Å². The minimum atomic E-state index is -0.617. The van der Waals surface area contributed by atoms with Crippen LogP contribution in [-0.4, -0.2) is 23.5 Å². The molecule has 0 aliphatic heterocycles. The molecule has 0 spiro atoms. The van der Waals surface area contributed by atoms with Crippen LogP contribution in [0.1, 0.15) is 6.92 Å². The third kappa shape index (κ3) is 5.86. The number of halogens is 2. The Hall–Kier alpha value is -1.85. The predicted molar refractivity (Wildman–Crippen MR) is 77.8 cm³/mol. The van der Waals surface area contributed by atoms with Gasteiger partial charge in [-0.25, -0.2) is 9.78 Å². The molecule has 0 radical (unpaired) electrons. The van der Waals surface area contributed by atoms with E-state index in [9.17, 15) is 9.59 Å². The zero-order chi connectivity index (χ0) is 15.0. The van der Waals surface area contributed by atoms with E-state index >= 15 is 0 Å². The third-order valence-electron chi connectivity index (χ3n) is 1.95. The van der Waals surface area contributed by atoms with Crippen molar-refractivity contribution in [2.45, 2.75) is 6.92 Å². The van der Waals surface area contributed by atoms with Crippen molar-refractivity contribution in [2.75, 3.05) is 11.9 Å². The second-order valence-corrected chi connectivity index (χ2v) is 4.37. The smallest absolute Gasteiger partial charge is 0.331 e. The number of amides is 1. The molecule has 1 heterocycles. The lowest BCUT2D eigenvalue weighted by atomic mass is 10.4. The maximum atomic E-state index is 11.5. The molecule has 1 N–H and O–H groups in total. The second-order valence-electron chi connectivity index (χ2n) is 3.52. The fourth-order valence-corrected chi connectivity index (χ4v) is 1.53. The maximum Gasteiger partial charge on any atom is 0.331 e. The number of pyridine rings is 1. The Morgan fingerprint density at radius 2 is 2.15 bits per heavy atom. The van der Waals surface area contributed by atoms with Crippen LogP contribution in [0.2, 0.25) is 10.0 Å². The van der Waals surface area contributed by atoms with Crippen molar-refractivity contribution < 1.29 is 14.3 Å². The van der Waals surface area contributed by atoms with E-state index in [2.05, 4.69) is 10.3 Å². The summed E-state index contributed by atoms with van der Waals surface area (Å²) in [4.78, 5) is 26.6. The quantitative estimate of drug-likeness (QED) is 0.515. The van der Waals surface area contributed by atoms with E-state index in [4.69, 9.17) is 27.9 Å². The van der Waals surface area contributed by atoms with Crippen LogP contribution in [0.15, 0.2) is 36.6 Å². The van der Waals surface area contributed by atoms with Crippen molar-refractivity contribution in [3.8, 4) is 0 Å². The number of hydrogen-bond donors (Lipinski definition) is 1. The molecule has 0 bridgehead atoms. The summed E-state index contributed by atoms with van der Waals surface area (Å²) in [7, 11) is 0. The Kier molecular flexibility index (Phi) is 6.76. The SMILES string of the molecule is C/C=C/C=C/C(=O)OCC(=O)Nc1ncc(Cl)cc1Cl. The molecule has 7 heteroatoms. The van der Waals surface area contributed by atoms with E-state index in [0.29, 0.717) is 5.02 Å². The van der Waals surface area contributed by atoms with Gasteiger partial charge >= 0.3 is 5.97 Å². The van der Waals surface area contributed by atoms with Crippen molar-refractivity contribution >= 4 is 40.9 Å². The standard InChI is InChI=1S/C13H12Cl2N2O3/c1-2-3-4-5-12(19)20-8-11(18)17-13-10(15)6-9(14)7-16-13/h2-7H,8H2,1H3,(H,16,17,18)/b3-2+,5-4+. The van der Waals surface area contributed by atoms with Crippen molar-refractivity contribution in [2.24, 2.45) is 0 Å². The molecule has 5 nitrogen and oxygen atoms in total. The van der Waals surface area contributed by atoms with Crippen LogP contribution in [0.5, 0.6) is 0 Å². The molecule has 106 valence electrons. The molecule has 0 aromatic carbocycles. The Labute approximate surface area is 126 Å². The number of rotatable bonds is 5. The lowest BCUT2D eigenvalue weighted by molar-refractivity contribution is -0.142. The normalized spacial score (nSPS) is 10.9. The first-order valence-electron chi connectivity index (χ1n) is 5.60. The van der Waals surface area contributed by atoms with Gasteiger partial charge in [-0.2, -0.15) is 0 Å². The highest BCUT2D eigenvalue weighted by Gasteiger charge is 2.09. The van der Waals surface area contributed by atoms with E-state index in [1.807, 2.05) is 6.92 Å². The zero-order valence-electron chi connectivity index (χ0n) is 10.6. The molecule has 0 aliphatic carbocycles. The number of carbonyl (C=O) groups is 2. The summed E-state index contributed by atoms with van der Waals surface area (Å²) in [5.74, 6) is -1.01. The zero-order valence-corrected chi connectivity index (χ0v) is 12.1. The molecular formula is C13H12Cl2N2O3. The van der Waals surface area contributed by atoms with Gasteiger partial charge in [-0.15, -0.1) is 0 Å². The fraction of sp³-hybridized carbons (Fsp3) is 0.154. The molecule has 0 unspecified atom stereocenters. The number of carbonyl (C=O) groups excluding carboxylic acids is 2. The number of allylic oxidation sites excluding steroid dienone is 3. The van der Waals surface area contributed by atoms with Gasteiger partial charge in [0.15, 0.2) is 12.4 Å². The molecule has 0 saturated heterocycles. The van der Waals surface area contributed by atoms with Crippen molar-refractivity contribution in [1.29, 1.82) is 0 Å². The minimum Gasteiger partial charge on any atom is -0.452 e. The maximum absolute atomic E-state index is 11.5. The topological polar surface area (TPSA) is 68.3 Å². The van der Waals surface area contributed by atoms with E-state index in [1.54, 1.807) is 12.2 Å².